The molecule has 6 heteroatoms. The molecule has 1 aromatic heterocycles. The van der Waals surface area contributed by atoms with E-state index in [1.807, 2.05) is 29.6 Å². The highest BCUT2D eigenvalue weighted by Crippen LogP contribution is 2.17. The van der Waals surface area contributed by atoms with Crippen LogP contribution in [0.15, 0.2) is 41.8 Å². The van der Waals surface area contributed by atoms with Gasteiger partial charge in [0, 0.05) is 24.0 Å². The zero-order chi connectivity index (χ0) is 17.5. The van der Waals surface area contributed by atoms with Gasteiger partial charge in [0.25, 0.3) is 0 Å². The van der Waals surface area contributed by atoms with Crippen molar-refractivity contribution in [3.8, 4) is 5.75 Å². The Morgan fingerprint density at radius 1 is 1.36 bits per heavy atom. The lowest BCUT2D eigenvalue weighted by atomic mass is 10.0. The standard InChI is InChI=1S/C19H25N3O2S/c1-24-17-7-2-5-15(11-17)13-22-9-3-6-16(14-22)21-19(23)20-12-18-8-4-10-25-18/h2,4-5,7-8,10-11,16H,3,6,9,12-14H2,1H3,(H2,20,21,23)/t16-/m1/s1. The van der Waals surface area contributed by atoms with Crippen molar-refractivity contribution in [2.75, 3.05) is 20.2 Å². The largest absolute Gasteiger partial charge is 0.497 e. The van der Waals surface area contributed by atoms with Crippen LogP contribution in [0, 0.1) is 0 Å². The fourth-order valence-corrected chi connectivity index (χ4v) is 3.81. The van der Waals surface area contributed by atoms with Crippen LogP contribution in [0.4, 0.5) is 4.79 Å². The van der Waals surface area contributed by atoms with Gasteiger partial charge in [0.1, 0.15) is 5.75 Å². The van der Waals surface area contributed by atoms with Gasteiger partial charge >= 0.3 is 6.03 Å². The van der Waals surface area contributed by atoms with E-state index < -0.39 is 0 Å². The van der Waals surface area contributed by atoms with Gasteiger partial charge in [0.2, 0.25) is 0 Å². The first-order chi connectivity index (χ1) is 12.2. The number of carbonyl (C=O) groups excluding carboxylic acids is 1. The number of amides is 2. The molecular formula is C19H25N3O2S. The Labute approximate surface area is 153 Å². The summed E-state index contributed by atoms with van der Waals surface area (Å²) >= 11 is 1.65. The van der Waals surface area contributed by atoms with Gasteiger partial charge in [-0.25, -0.2) is 4.79 Å². The van der Waals surface area contributed by atoms with Crippen LogP contribution in [0.5, 0.6) is 5.75 Å². The summed E-state index contributed by atoms with van der Waals surface area (Å²) in [5, 5.41) is 8.07. The fourth-order valence-electron chi connectivity index (χ4n) is 3.16. The number of hydrogen-bond donors (Lipinski definition) is 2. The van der Waals surface area contributed by atoms with Gasteiger partial charge in [-0.3, -0.25) is 4.90 Å². The maximum atomic E-state index is 12.1. The number of nitrogens with one attached hydrogen (secondary N) is 2. The summed E-state index contributed by atoms with van der Waals surface area (Å²) in [5.41, 5.74) is 1.24. The second-order valence-electron chi connectivity index (χ2n) is 6.33. The third kappa shape index (κ3) is 5.47. The average Bonchev–Trinajstić information content (AvgIpc) is 3.14. The van der Waals surface area contributed by atoms with Crippen molar-refractivity contribution >= 4 is 17.4 Å². The summed E-state index contributed by atoms with van der Waals surface area (Å²) in [7, 11) is 1.69. The summed E-state index contributed by atoms with van der Waals surface area (Å²) in [6, 6.07) is 12.3. The lowest BCUT2D eigenvalue weighted by Gasteiger charge is -2.33. The molecule has 3 rings (SSSR count). The molecule has 5 nitrogen and oxygen atoms in total. The molecule has 1 atom stereocenters. The highest BCUT2D eigenvalue weighted by atomic mass is 32.1. The lowest BCUT2D eigenvalue weighted by molar-refractivity contribution is 0.180. The zero-order valence-electron chi connectivity index (χ0n) is 14.5. The van der Waals surface area contributed by atoms with Gasteiger partial charge in [-0.05, 0) is 48.5 Å². The maximum Gasteiger partial charge on any atom is 0.315 e. The fraction of sp³-hybridized carbons (Fsp3) is 0.421. The molecule has 1 aliphatic rings. The first kappa shape index (κ1) is 17.8. The molecule has 25 heavy (non-hydrogen) atoms. The van der Waals surface area contributed by atoms with E-state index in [4.69, 9.17) is 4.74 Å². The number of methoxy groups -OCH3 is 1. The number of thiophene rings is 1. The van der Waals surface area contributed by atoms with Crippen molar-refractivity contribution < 1.29 is 9.53 Å². The quantitative estimate of drug-likeness (QED) is 0.833. The Hall–Kier alpha value is -2.05. The molecule has 1 fully saturated rings. The number of benzene rings is 1. The Kier molecular flexibility index (Phi) is 6.30. The third-order valence-electron chi connectivity index (χ3n) is 4.38. The van der Waals surface area contributed by atoms with Gasteiger partial charge in [-0.2, -0.15) is 0 Å². The predicted molar refractivity (Wildman–Crippen MR) is 101 cm³/mol. The average molecular weight is 359 g/mol. The highest BCUT2D eigenvalue weighted by molar-refractivity contribution is 7.09. The van der Waals surface area contributed by atoms with E-state index >= 15 is 0 Å². The van der Waals surface area contributed by atoms with Crippen molar-refractivity contribution in [2.45, 2.75) is 32.0 Å². The van der Waals surface area contributed by atoms with E-state index in [0.717, 1.165) is 38.2 Å². The van der Waals surface area contributed by atoms with Gasteiger partial charge in [-0.1, -0.05) is 18.2 Å². The Bertz CT molecular complexity index is 675. The minimum atomic E-state index is -0.0818. The van der Waals surface area contributed by atoms with Gasteiger partial charge in [-0.15, -0.1) is 11.3 Å². The summed E-state index contributed by atoms with van der Waals surface area (Å²) in [4.78, 5) is 15.7. The van der Waals surface area contributed by atoms with Crippen molar-refractivity contribution in [3.05, 3.63) is 52.2 Å². The number of nitrogens with zero attached hydrogens (tertiary/aromatic N) is 1. The minimum absolute atomic E-state index is 0.0818. The Morgan fingerprint density at radius 3 is 3.08 bits per heavy atom. The second-order valence-corrected chi connectivity index (χ2v) is 7.36. The molecule has 0 unspecified atom stereocenters. The summed E-state index contributed by atoms with van der Waals surface area (Å²) < 4.78 is 5.29. The number of urea groups is 1. The summed E-state index contributed by atoms with van der Waals surface area (Å²) in [5.74, 6) is 0.886. The third-order valence-corrected chi connectivity index (χ3v) is 5.26. The van der Waals surface area contributed by atoms with Crippen LogP contribution in [0.2, 0.25) is 0 Å². The van der Waals surface area contributed by atoms with E-state index in [9.17, 15) is 4.79 Å². The minimum Gasteiger partial charge on any atom is -0.497 e. The van der Waals surface area contributed by atoms with Crippen LogP contribution in [0.3, 0.4) is 0 Å². The molecular weight excluding hydrogens is 334 g/mol. The van der Waals surface area contributed by atoms with Crippen molar-refractivity contribution in [3.63, 3.8) is 0 Å². The van der Waals surface area contributed by atoms with E-state index in [0.29, 0.717) is 6.54 Å². The first-order valence-corrected chi connectivity index (χ1v) is 9.53. The van der Waals surface area contributed by atoms with Crippen LogP contribution in [0.25, 0.3) is 0 Å². The van der Waals surface area contributed by atoms with Crippen LogP contribution < -0.4 is 15.4 Å². The SMILES string of the molecule is COc1cccc(CN2CCC[C@@H](NC(=O)NCc3cccs3)C2)c1. The molecule has 0 saturated carbocycles. The van der Waals surface area contributed by atoms with Crippen LogP contribution in [-0.4, -0.2) is 37.2 Å². The van der Waals surface area contributed by atoms with Crippen LogP contribution in [0.1, 0.15) is 23.3 Å². The van der Waals surface area contributed by atoms with Crippen molar-refractivity contribution in [1.29, 1.82) is 0 Å². The van der Waals surface area contributed by atoms with Gasteiger partial charge in [0.15, 0.2) is 0 Å². The molecule has 0 aliphatic carbocycles. The number of ether oxygens (including phenoxy) is 1. The molecule has 0 spiro atoms. The lowest BCUT2D eigenvalue weighted by Crippen LogP contribution is -2.50. The molecule has 2 amide bonds. The number of carbonyl (C=O) groups is 1. The molecule has 0 radical (unpaired) electrons. The summed E-state index contributed by atoms with van der Waals surface area (Å²) in [6.07, 6.45) is 2.13. The predicted octanol–water partition coefficient (Wildman–Crippen LogP) is 3.22. The number of likely N-dealkylation sites (tertiary alicyclic amines) is 1. The number of piperidine rings is 1. The molecule has 1 saturated heterocycles. The molecule has 0 bridgehead atoms. The second kappa shape index (κ2) is 8.87. The van der Waals surface area contributed by atoms with Crippen molar-refractivity contribution in [2.24, 2.45) is 0 Å². The monoisotopic (exact) mass is 359 g/mol. The van der Waals surface area contributed by atoms with Gasteiger partial charge < -0.3 is 15.4 Å². The normalized spacial score (nSPS) is 17.9. The van der Waals surface area contributed by atoms with Crippen LogP contribution >= 0.6 is 11.3 Å². The molecule has 2 N–H and O–H groups in total. The molecule has 2 aromatic rings. The topological polar surface area (TPSA) is 53.6 Å². The highest BCUT2D eigenvalue weighted by Gasteiger charge is 2.21. The van der Waals surface area contributed by atoms with Crippen LogP contribution in [-0.2, 0) is 13.1 Å². The summed E-state index contributed by atoms with van der Waals surface area (Å²) in [6.45, 7) is 3.41. The zero-order valence-corrected chi connectivity index (χ0v) is 15.3. The van der Waals surface area contributed by atoms with E-state index in [1.54, 1.807) is 18.4 Å². The van der Waals surface area contributed by atoms with E-state index in [-0.39, 0.29) is 12.1 Å². The smallest absolute Gasteiger partial charge is 0.315 e. The molecule has 134 valence electrons. The molecule has 1 aromatic carbocycles. The Morgan fingerprint density at radius 2 is 2.28 bits per heavy atom. The molecule has 1 aliphatic heterocycles. The Balaban J connectivity index is 1.46. The number of rotatable bonds is 6. The van der Waals surface area contributed by atoms with Gasteiger partial charge in [0.05, 0.1) is 13.7 Å². The van der Waals surface area contributed by atoms with E-state index in [2.05, 4.69) is 27.7 Å². The van der Waals surface area contributed by atoms with Crippen molar-refractivity contribution in [1.82, 2.24) is 15.5 Å². The van der Waals surface area contributed by atoms with E-state index in [1.165, 1.54) is 10.4 Å². The maximum absolute atomic E-state index is 12.1. The first-order valence-electron chi connectivity index (χ1n) is 8.65. The number of hydrogen-bond acceptors (Lipinski definition) is 4. The molecule has 2 heterocycles.